The molecule has 1 saturated carbocycles. The Morgan fingerprint density at radius 3 is 1.41 bits per heavy atom. The van der Waals surface area contributed by atoms with Crippen LogP contribution in [0.4, 0.5) is 0 Å². The molecule has 3 heteroatoms. The number of phenols is 2. The Morgan fingerprint density at radius 2 is 1.07 bits per heavy atom. The average molecular weight is 367 g/mol. The standard InChI is InChI=1S/C24H30O3/c1-14-8-18(9-15(2)22(14)25)12-20-6-5-7-21(24(20)27)13-19-10-16(3)23(26)17(4)11-19/h8-11,20-21,25-26H,5-7,12-13H2,1-4H3. The predicted octanol–water partition coefficient (Wildman–Crippen LogP) is 5.10. The van der Waals surface area contributed by atoms with Crippen molar-refractivity contribution in [2.45, 2.75) is 59.8 Å². The second-order valence-corrected chi connectivity index (χ2v) is 8.29. The molecule has 0 aliphatic heterocycles. The van der Waals surface area contributed by atoms with E-state index in [4.69, 9.17) is 0 Å². The number of carbonyl (C=O) groups excluding carboxylic acids is 1. The number of aryl methyl sites for hydroxylation is 4. The molecule has 0 spiro atoms. The summed E-state index contributed by atoms with van der Waals surface area (Å²) in [5.74, 6) is 1.19. The zero-order chi connectivity index (χ0) is 19.7. The van der Waals surface area contributed by atoms with Crippen LogP contribution in [0.25, 0.3) is 0 Å². The van der Waals surface area contributed by atoms with Crippen molar-refractivity contribution in [1.29, 1.82) is 0 Å². The minimum Gasteiger partial charge on any atom is -0.507 e. The molecule has 2 aromatic rings. The summed E-state index contributed by atoms with van der Waals surface area (Å²) in [6.07, 6.45) is 4.48. The number of Topliss-reactive ketones (excluding diaryl/α,β-unsaturated/α-hetero) is 1. The molecule has 144 valence electrons. The lowest BCUT2D eigenvalue weighted by atomic mass is 9.75. The van der Waals surface area contributed by atoms with Crippen molar-refractivity contribution in [3.05, 3.63) is 57.6 Å². The van der Waals surface area contributed by atoms with Gasteiger partial charge < -0.3 is 10.2 Å². The zero-order valence-corrected chi connectivity index (χ0v) is 16.8. The van der Waals surface area contributed by atoms with Gasteiger partial charge in [0.05, 0.1) is 0 Å². The van der Waals surface area contributed by atoms with Gasteiger partial charge in [-0.05, 0) is 86.8 Å². The molecule has 0 bridgehead atoms. The largest absolute Gasteiger partial charge is 0.507 e. The summed E-state index contributed by atoms with van der Waals surface area (Å²) in [7, 11) is 0. The summed E-state index contributed by atoms with van der Waals surface area (Å²) in [5.41, 5.74) is 5.77. The van der Waals surface area contributed by atoms with Crippen LogP contribution >= 0.6 is 0 Å². The molecule has 1 aliphatic rings. The lowest BCUT2D eigenvalue weighted by Gasteiger charge is -2.28. The summed E-state index contributed by atoms with van der Waals surface area (Å²) in [6, 6.07) is 8.02. The van der Waals surface area contributed by atoms with Gasteiger partial charge in [0, 0.05) is 11.8 Å². The third-order valence-electron chi connectivity index (χ3n) is 5.98. The first-order valence-corrected chi connectivity index (χ1v) is 9.88. The van der Waals surface area contributed by atoms with Crippen LogP contribution < -0.4 is 0 Å². The molecular weight excluding hydrogens is 336 g/mol. The number of rotatable bonds is 4. The number of hydrogen-bond acceptors (Lipinski definition) is 3. The highest BCUT2D eigenvalue weighted by Crippen LogP contribution is 2.33. The third kappa shape index (κ3) is 4.18. The molecule has 1 aliphatic carbocycles. The van der Waals surface area contributed by atoms with Crippen LogP contribution in [0.2, 0.25) is 0 Å². The number of aromatic hydroxyl groups is 2. The molecule has 2 aromatic carbocycles. The van der Waals surface area contributed by atoms with Crippen molar-refractivity contribution in [2.24, 2.45) is 11.8 Å². The number of benzene rings is 2. The highest BCUT2D eigenvalue weighted by atomic mass is 16.3. The van der Waals surface area contributed by atoms with Gasteiger partial charge in [0.2, 0.25) is 0 Å². The highest BCUT2D eigenvalue weighted by molar-refractivity contribution is 5.84. The molecule has 2 unspecified atom stereocenters. The molecule has 0 heterocycles. The fourth-order valence-electron chi connectivity index (χ4n) is 4.53. The Morgan fingerprint density at radius 1 is 0.741 bits per heavy atom. The van der Waals surface area contributed by atoms with Crippen LogP contribution in [0.3, 0.4) is 0 Å². The van der Waals surface area contributed by atoms with Crippen molar-refractivity contribution >= 4 is 5.78 Å². The molecule has 27 heavy (non-hydrogen) atoms. The highest BCUT2D eigenvalue weighted by Gasteiger charge is 2.31. The molecule has 0 radical (unpaired) electrons. The Bertz CT molecular complexity index is 750. The van der Waals surface area contributed by atoms with Gasteiger partial charge in [0.1, 0.15) is 17.3 Å². The summed E-state index contributed by atoms with van der Waals surface area (Å²) >= 11 is 0. The Hall–Kier alpha value is -2.29. The van der Waals surface area contributed by atoms with Crippen molar-refractivity contribution in [2.75, 3.05) is 0 Å². The van der Waals surface area contributed by atoms with Crippen molar-refractivity contribution in [1.82, 2.24) is 0 Å². The van der Waals surface area contributed by atoms with Crippen LogP contribution in [0.5, 0.6) is 11.5 Å². The van der Waals surface area contributed by atoms with Crippen LogP contribution in [-0.2, 0) is 17.6 Å². The molecule has 3 nitrogen and oxygen atoms in total. The van der Waals surface area contributed by atoms with Crippen LogP contribution in [-0.4, -0.2) is 16.0 Å². The molecule has 0 saturated heterocycles. The number of ketones is 1. The monoisotopic (exact) mass is 366 g/mol. The average Bonchev–Trinajstić information content (AvgIpc) is 2.61. The first kappa shape index (κ1) is 19.5. The van der Waals surface area contributed by atoms with Gasteiger partial charge in [-0.25, -0.2) is 0 Å². The molecular formula is C24H30O3. The van der Waals surface area contributed by atoms with E-state index in [1.54, 1.807) is 0 Å². The van der Waals surface area contributed by atoms with Crippen molar-refractivity contribution < 1.29 is 15.0 Å². The zero-order valence-electron chi connectivity index (χ0n) is 16.8. The van der Waals surface area contributed by atoms with Gasteiger partial charge in [0.25, 0.3) is 0 Å². The number of hydrogen-bond donors (Lipinski definition) is 2. The summed E-state index contributed by atoms with van der Waals surface area (Å²) < 4.78 is 0. The van der Waals surface area contributed by atoms with Gasteiger partial charge >= 0.3 is 0 Å². The van der Waals surface area contributed by atoms with E-state index in [1.165, 1.54) is 0 Å². The van der Waals surface area contributed by atoms with Crippen LogP contribution in [0, 0.1) is 39.5 Å². The van der Waals surface area contributed by atoms with E-state index in [1.807, 2.05) is 52.0 Å². The Balaban J connectivity index is 1.74. The van der Waals surface area contributed by atoms with Gasteiger partial charge in [-0.2, -0.15) is 0 Å². The molecule has 0 amide bonds. The van der Waals surface area contributed by atoms with E-state index in [-0.39, 0.29) is 11.8 Å². The minimum atomic E-state index is 0.0615. The molecule has 2 atom stereocenters. The maximum atomic E-state index is 13.1. The lowest BCUT2D eigenvalue weighted by Crippen LogP contribution is -2.31. The third-order valence-corrected chi connectivity index (χ3v) is 5.98. The molecule has 1 fully saturated rings. The lowest BCUT2D eigenvalue weighted by molar-refractivity contribution is -0.129. The van der Waals surface area contributed by atoms with Crippen molar-refractivity contribution in [3.63, 3.8) is 0 Å². The fraction of sp³-hybridized carbons (Fsp3) is 0.458. The smallest absolute Gasteiger partial charge is 0.139 e. The van der Waals surface area contributed by atoms with E-state index >= 15 is 0 Å². The summed E-state index contributed by atoms with van der Waals surface area (Å²) in [6.45, 7) is 7.64. The van der Waals surface area contributed by atoms with Crippen LogP contribution in [0.1, 0.15) is 52.6 Å². The fourth-order valence-corrected chi connectivity index (χ4v) is 4.53. The summed E-state index contributed by atoms with van der Waals surface area (Å²) in [4.78, 5) is 13.1. The Kier molecular flexibility index (Phi) is 5.59. The normalized spacial score (nSPS) is 20.1. The number of carbonyl (C=O) groups is 1. The van der Waals surface area contributed by atoms with E-state index in [0.717, 1.165) is 65.5 Å². The second-order valence-electron chi connectivity index (χ2n) is 8.29. The topological polar surface area (TPSA) is 57.5 Å². The SMILES string of the molecule is Cc1cc(CC2CCCC(Cc3cc(C)c(O)c(C)c3)C2=O)cc(C)c1O. The van der Waals surface area contributed by atoms with Gasteiger partial charge in [0.15, 0.2) is 0 Å². The Labute approximate surface area is 162 Å². The maximum Gasteiger partial charge on any atom is 0.139 e. The van der Waals surface area contributed by atoms with Gasteiger partial charge in [-0.3, -0.25) is 4.79 Å². The first-order chi connectivity index (χ1) is 12.8. The molecule has 0 aromatic heterocycles. The minimum absolute atomic E-state index is 0.0615. The van der Waals surface area contributed by atoms with E-state index < -0.39 is 0 Å². The number of phenolic OH excluding ortho intramolecular Hbond substituents is 2. The quantitative estimate of drug-likeness (QED) is 0.791. The molecule has 2 N–H and O–H groups in total. The van der Waals surface area contributed by atoms with E-state index in [2.05, 4.69) is 0 Å². The first-order valence-electron chi connectivity index (χ1n) is 9.88. The van der Waals surface area contributed by atoms with Crippen LogP contribution in [0.15, 0.2) is 24.3 Å². The van der Waals surface area contributed by atoms with Gasteiger partial charge in [-0.15, -0.1) is 0 Å². The predicted molar refractivity (Wildman–Crippen MR) is 108 cm³/mol. The van der Waals surface area contributed by atoms with Crippen molar-refractivity contribution in [3.8, 4) is 11.5 Å². The van der Waals surface area contributed by atoms with E-state index in [9.17, 15) is 15.0 Å². The molecule has 3 rings (SSSR count). The maximum absolute atomic E-state index is 13.1. The summed E-state index contributed by atoms with van der Waals surface area (Å²) in [5, 5.41) is 19.9. The second kappa shape index (κ2) is 7.75. The van der Waals surface area contributed by atoms with E-state index in [0.29, 0.717) is 17.3 Å². The van der Waals surface area contributed by atoms with Gasteiger partial charge in [-0.1, -0.05) is 30.7 Å².